The third-order valence-electron chi connectivity index (χ3n) is 1.83. The van der Waals surface area contributed by atoms with Gasteiger partial charge in [0.15, 0.2) is 0 Å². The maximum absolute atomic E-state index is 10.4. The lowest BCUT2D eigenvalue weighted by atomic mass is 10.1. The lowest BCUT2D eigenvalue weighted by molar-refractivity contribution is -0.104. The lowest BCUT2D eigenvalue weighted by Crippen LogP contribution is -1.84. The Morgan fingerprint density at radius 1 is 1.31 bits per heavy atom. The molecule has 0 fully saturated rings. The summed E-state index contributed by atoms with van der Waals surface area (Å²) in [5, 5.41) is 0.523. The minimum absolute atomic E-state index is 0.523. The van der Waals surface area contributed by atoms with Crippen LogP contribution in [0.4, 0.5) is 0 Å². The number of carbonyl (C=O) groups is 1. The van der Waals surface area contributed by atoms with Gasteiger partial charge in [-0.1, -0.05) is 41.4 Å². The van der Waals surface area contributed by atoms with Gasteiger partial charge in [0.1, 0.15) is 6.29 Å². The van der Waals surface area contributed by atoms with Crippen LogP contribution in [-0.4, -0.2) is 6.29 Å². The van der Waals surface area contributed by atoms with Crippen LogP contribution in [0.5, 0.6) is 0 Å². The normalized spacial score (nSPS) is 12.2. The van der Waals surface area contributed by atoms with Crippen molar-refractivity contribution in [1.29, 1.82) is 0 Å². The number of halogens is 1. The number of aryl methyl sites for hydroxylation is 1. The molecule has 0 bridgehead atoms. The van der Waals surface area contributed by atoms with Gasteiger partial charge >= 0.3 is 0 Å². The Morgan fingerprint density at radius 2 is 1.85 bits per heavy atom. The van der Waals surface area contributed by atoms with Crippen LogP contribution in [0.1, 0.15) is 18.1 Å². The quantitative estimate of drug-likeness (QED) is 0.522. The van der Waals surface area contributed by atoms with Crippen molar-refractivity contribution in [2.75, 3.05) is 0 Å². The average Bonchev–Trinajstić information content (AvgIpc) is 2.17. The maximum Gasteiger partial charge on any atom is 0.147 e. The van der Waals surface area contributed by atoms with Crippen LogP contribution in [0.3, 0.4) is 0 Å². The van der Waals surface area contributed by atoms with E-state index in [1.807, 2.05) is 31.2 Å². The van der Waals surface area contributed by atoms with Gasteiger partial charge in [0.25, 0.3) is 0 Å². The first-order valence-corrected chi connectivity index (χ1v) is 4.41. The summed E-state index contributed by atoms with van der Waals surface area (Å²) in [6.07, 6.45) is 0.766. The van der Waals surface area contributed by atoms with Crippen LogP contribution in [0.2, 0.25) is 0 Å². The molecule has 13 heavy (non-hydrogen) atoms. The minimum atomic E-state index is 0.523. The van der Waals surface area contributed by atoms with E-state index in [4.69, 9.17) is 11.6 Å². The molecule has 0 unspecified atom stereocenters. The van der Waals surface area contributed by atoms with Crippen LogP contribution in [0, 0.1) is 6.92 Å². The Kier molecular flexibility index (Phi) is 3.26. The second kappa shape index (κ2) is 4.24. The van der Waals surface area contributed by atoms with E-state index < -0.39 is 0 Å². The van der Waals surface area contributed by atoms with E-state index in [9.17, 15) is 4.79 Å². The molecular weight excluding hydrogens is 184 g/mol. The third kappa shape index (κ3) is 2.43. The predicted molar refractivity (Wildman–Crippen MR) is 55.7 cm³/mol. The molecule has 0 aliphatic carbocycles. The van der Waals surface area contributed by atoms with Gasteiger partial charge < -0.3 is 0 Å². The van der Waals surface area contributed by atoms with Gasteiger partial charge in [-0.25, -0.2) is 0 Å². The number of benzene rings is 1. The molecular formula is C11H11ClO. The van der Waals surface area contributed by atoms with Crippen molar-refractivity contribution in [2.24, 2.45) is 0 Å². The summed E-state index contributed by atoms with van der Waals surface area (Å²) in [4.78, 5) is 10.4. The van der Waals surface area contributed by atoms with Crippen molar-refractivity contribution in [1.82, 2.24) is 0 Å². The van der Waals surface area contributed by atoms with Gasteiger partial charge in [-0.3, -0.25) is 4.79 Å². The molecule has 1 aromatic carbocycles. The highest BCUT2D eigenvalue weighted by Gasteiger charge is 2.00. The Balaban J connectivity index is 3.09. The highest BCUT2D eigenvalue weighted by atomic mass is 35.5. The molecule has 0 aliphatic rings. The van der Waals surface area contributed by atoms with Gasteiger partial charge in [-0.15, -0.1) is 0 Å². The van der Waals surface area contributed by atoms with E-state index >= 15 is 0 Å². The van der Waals surface area contributed by atoms with Crippen molar-refractivity contribution in [3.63, 3.8) is 0 Å². The van der Waals surface area contributed by atoms with Crippen LogP contribution >= 0.6 is 11.6 Å². The van der Waals surface area contributed by atoms with Gasteiger partial charge in [-0.2, -0.15) is 0 Å². The van der Waals surface area contributed by atoms with Crippen molar-refractivity contribution in [3.05, 3.63) is 41.0 Å². The first kappa shape index (κ1) is 10.0. The topological polar surface area (TPSA) is 17.1 Å². The molecule has 0 radical (unpaired) electrons. The number of rotatable bonds is 2. The van der Waals surface area contributed by atoms with Crippen molar-refractivity contribution < 1.29 is 4.79 Å². The first-order valence-electron chi connectivity index (χ1n) is 4.03. The summed E-state index contributed by atoms with van der Waals surface area (Å²) < 4.78 is 0. The Morgan fingerprint density at radius 3 is 2.31 bits per heavy atom. The highest BCUT2D eigenvalue weighted by molar-refractivity contribution is 6.50. The second-order valence-electron chi connectivity index (χ2n) is 2.98. The average molecular weight is 195 g/mol. The van der Waals surface area contributed by atoms with Crippen molar-refractivity contribution in [2.45, 2.75) is 13.8 Å². The Hall–Kier alpha value is -1.08. The largest absolute Gasteiger partial charge is 0.298 e. The first-order chi connectivity index (χ1) is 6.15. The van der Waals surface area contributed by atoms with Gasteiger partial charge in [-0.05, 0) is 19.4 Å². The molecule has 0 N–H and O–H groups in total. The van der Waals surface area contributed by atoms with Crippen molar-refractivity contribution >= 4 is 22.9 Å². The molecule has 68 valence electrons. The van der Waals surface area contributed by atoms with Gasteiger partial charge in [0.2, 0.25) is 0 Å². The lowest BCUT2D eigenvalue weighted by Gasteiger charge is -2.00. The summed E-state index contributed by atoms with van der Waals surface area (Å²) in [7, 11) is 0. The third-order valence-corrected chi connectivity index (χ3v) is 2.34. The van der Waals surface area contributed by atoms with Crippen LogP contribution in [-0.2, 0) is 4.79 Å². The molecule has 1 rings (SSSR count). The highest BCUT2D eigenvalue weighted by Crippen LogP contribution is 2.22. The zero-order valence-corrected chi connectivity index (χ0v) is 8.43. The summed E-state index contributed by atoms with van der Waals surface area (Å²) in [5.74, 6) is 0. The van der Waals surface area contributed by atoms with Crippen LogP contribution in [0.25, 0.3) is 5.03 Å². The summed E-state index contributed by atoms with van der Waals surface area (Å²) in [5.41, 5.74) is 2.62. The second-order valence-corrected chi connectivity index (χ2v) is 3.36. The Labute approximate surface area is 83.0 Å². The molecule has 1 aromatic rings. The molecule has 0 aromatic heterocycles. The summed E-state index contributed by atoms with van der Waals surface area (Å²) in [6, 6.07) is 7.75. The van der Waals surface area contributed by atoms with E-state index in [0.717, 1.165) is 11.8 Å². The molecule has 0 saturated carbocycles. The monoisotopic (exact) mass is 194 g/mol. The minimum Gasteiger partial charge on any atom is -0.298 e. The van der Waals surface area contributed by atoms with Gasteiger partial charge in [0.05, 0.1) is 5.03 Å². The van der Waals surface area contributed by atoms with E-state index in [1.54, 1.807) is 6.92 Å². The molecule has 0 amide bonds. The predicted octanol–water partition coefficient (Wildman–Crippen LogP) is 3.16. The zero-order valence-electron chi connectivity index (χ0n) is 7.67. The number of aldehydes is 1. The molecule has 2 heteroatoms. The molecule has 0 heterocycles. The molecule has 0 saturated heterocycles. The Bertz CT molecular complexity index is 336. The van der Waals surface area contributed by atoms with Crippen molar-refractivity contribution in [3.8, 4) is 0 Å². The van der Waals surface area contributed by atoms with Crippen LogP contribution in [0.15, 0.2) is 29.8 Å². The smallest absolute Gasteiger partial charge is 0.147 e. The maximum atomic E-state index is 10.4. The molecule has 0 spiro atoms. The number of hydrogen-bond acceptors (Lipinski definition) is 1. The number of allylic oxidation sites excluding steroid dienone is 1. The molecule has 0 aliphatic heterocycles. The zero-order chi connectivity index (χ0) is 9.84. The number of hydrogen-bond donors (Lipinski definition) is 0. The van der Waals surface area contributed by atoms with Gasteiger partial charge in [0, 0.05) is 5.57 Å². The molecule has 1 nitrogen and oxygen atoms in total. The summed E-state index contributed by atoms with van der Waals surface area (Å²) >= 11 is 5.96. The fraction of sp³-hybridized carbons (Fsp3) is 0.182. The molecule has 0 atom stereocenters. The summed E-state index contributed by atoms with van der Waals surface area (Å²) in [6.45, 7) is 3.71. The standard InChI is InChI=1S/C11H11ClO/c1-8-3-5-10(6-4-8)11(12)9(2)7-13/h3-7H,1-2H3. The van der Waals surface area contributed by atoms with E-state index in [-0.39, 0.29) is 0 Å². The van der Waals surface area contributed by atoms with E-state index in [0.29, 0.717) is 10.6 Å². The van der Waals surface area contributed by atoms with Crippen LogP contribution < -0.4 is 0 Å². The SMILES string of the molecule is CC(C=O)=C(Cl)c1ccc(C)cc1. The van der Waals surface area contributed by atoms with E-state index in [2.05, 4.69) is 0 Å². The van der Waals surface area contributed by atoms with E-state index in [1.165, 1.54) is 5.56 Å². The number of carbonyl (C=O) groups excluding carboxylic acids is 1. The fourth-order valence-corrected chi connectivity index (χ4v) is 1.15. The fourth-order valence-electron chi connectivity index (χ4n) is 0.979.